The smallest absolute Gasteiger partial charge is 0.159 e. The number of carbonyl (C=O) groups is 1. The monoisotopic (exact) mass is 260 g/mol. The van der Waals surface area contributed by atoms with Crippen LogP contribution >= 0.6 is 0 Å². The summed E-state index contributed by atoms with van der Waals surface area (Å²) in [5, 5.41) is 2.45. The standard InChI is InChI=1S/C19H16O/c1-13-10-11-15-6-3-4-9-18(15)19(13)17-8-5-7-16(12-17)14(2)20/h3-12H,1-2H3. The van der Waals surface area contributed by atoms with Crippen molar-refractivity contribution in [1.82, 2.24) is 0 Å². The Labute approximate surface area is 118 Å². The van der Waals surface area contributed by atoms with Gasteiger partial charge in [0.1, 0.15) is 0 Å². The molecule has 20 heavy (non-hydrogen) atoms. The van der Waals surface area contributed by atoms with Gasteiger partial charge in [-0.15, -0.1) is 0 Å². The maximum atomic E-state index is 11.6. The summed E-state index contributed by atoms with van der Waals surface area (Å²) in [6.45, 7) is 3.72. The van der Waals surface area contributed by atoms with Crippen molar-refractivity contribution < 1.29 is 4.79 Å². The second-order valence-electron chi connectivity index (χ2n) is 5.12. The van der Waals surface area contributed by atoms with Gasteiger partial charge in [0.05, 0.1) is 0 Å². The normalized spacial score (nSPS) is 10.7. The predicted octanol–water partition coefficient (Wildman–Crippen LogP) is 5.02. The molecule has 1 heteroatoms. The number of Topliss-reactive ketones (excluding diaryl/α,β-unsaturated/α-hetero) is 1. The van der Waals surface area contributed by atoms with Crippen LogP contribution in [0.2, 0.25) is 0 Å². The van der Waals surface area contributed by atoms with Crippen LogP contribution in [0.3, 0.4) is 0 Å². The van der Waals surface area contributed by atoms with E-state index in [9.17, 15) is 4.79 Å². The highest BCUT2D eigenvalue weighted by molar-refractivity contribution is 6.00. The molecule has 0 N–H and O–H groups in total. The molecule has 98 valence electrons. The summed E-state index contributed by atoms with van der Waals surface area (Å²) in [5.41, 5.74) is 4.30. The number of hydrogen-bond acceptors (Lipinski definition) is 1. The molecular formula is C19H16O. The van der Waals surface area contributed by atoms with Gasteiger partial charge >= 0.3 is 0 Å². The number of ketones is 1. The average molecular weight is 260 g/mol. The van der Waals surface area contributed by atoms with Crippen LogP contribution < -0.4 is 0 Å². The second-order valence-corrected chi connectivity index (χ2v) is 5.12. The van der Waals surface area contributed by atoms with Gasteiger partial charge < -0.3 is 0 Å². The molecule has 3 aromatic carbocycles. The van der Waals surface area contributed by atoms with Gasteiger partial charge in [0.2, 0.25) is 0 Å². The molecular weight excluding hydrogens is 244 g/mol. The minimum atomic E-state index is 0.102. The molecule has 0 radical (unpaired) electrons. The molecule has 3 aromatic rings. The van der Waals surface area contributed by atoms with E-state index in [0.29, 0.717) is 0 Å². The van der Waals surface area contributed by atoms with Crippen LogP contribution in [0.15, 0.2) is 60.7 Å². The van der Waals surface area contributed by atoms with Crippen LogP contribution in [0, 0.1) is 6.92 Å². The summed E-state index contributed by atoms with van der Waals surface area (Å²) in [6.07, 6.45) is 0. The highest BCUT2D eigenvalue weighted by atomic mass is 16.1. The SMILES string of the molecule is CC(=O)c1cccc(-c2c(C)ccc3ccccc23)c1. The van der Waals surface area contributed by atoms with Crippen molar-refractivity contribution in [2.75, 3.05) is 0 Å². The van der Waals surface area contributed by atoms with Crippen molar-refractivity contribution >= 4 is 16.6 Å². The molecule has 0 unspecified atom stereocenters. The van der Waals surface area contributed by atoms with Crippen molar-refractivity contribution in [3.8, 4) is 11.1 Å². The first-order chi connectivity index (χ1) is 9.66. The maximum Gasteiger partial charge on any atom is 0.159 e. The highest BCUT2D eigenvalue weighted by Gasteiger charge is 2.08. The zero-order valence-electron chi connectivity index (χ0n) is 11.7. The summed E-state index contributed by atoms with van der Waals surface area (Å²) < 4.78 is 0. The number of rotatable bonds is 2. The summed E-state index contributed by atoms with van der Waals surface area (Å²) in [4.78, 5) is 11.6. The van der Waals surface area contributed by atoms with Crippen LogP contribution in [-0.2, 0) is 0 Å². The lowest BCUT2D eigenvalue weighted by Crippen LogP contribution is -1.93. The second kappa shape index (κ2) is 4.93. The van der Waals surface area contributed by atoms with Crippen LogP contribution in [0.4, 0.5) is 0 Å². The molecule has 0 amide bonds. The van der Waals surface area contributed by atoms with E-state index in [-0.39, 0.29) is 5.78 Å². The van der Waals surface area contributed by atoms with Crippen molar-refractivity contribution in [2.45, 2.75) is 13.8 Å². The Morgan fingerprint density at radius 3 is 2.50 bits per heavy atom. The summed E-state index contributed by atoms with van der Waals surface area (Å²) in [5.74, 6) is 0.102. The maximum absolute atomic E-state index is 11.6. The average Bonchev–Trinajstić information content (AvgIpc) is 2.47. The third-order valence-corrected chi connectivity index (χ3v) is 3.70. The molecule has 0 atom stereocenters. The Morgan fingerprint density at radius 2 is 1.70 bits per heavy atom. The van der Waals surface area contributed by atoms with Crippen molar-refractivity contribution in [2.24, 2.45) is 0 Å². The molecule has 0 saturated heterocycles. The predicted molar refractivity (Wildman–Crippen MR) is 84.1 cm³/mol. The van der Waals surface area contributed by atoms with Crippen molar-refractivity contribution in [3.05, 3.63) is 71.8 Å². The van der Waals surface area contributed by atoms with E-state index in [1.165, 1.54) is 21.9 Å². The molecule has 0 fully saturated rings. The Hall–Kier alpha value is -2.41. The van der Waals surface area contributed by atoms with E-state index >= 15 is 0 Å². The van der Waals surface area contributed by atoms with Crippen molar-refractivity contribution in [1.29, 1.82) is 0 Å². The molecule has 0 heterocycles. The van der Waals surface area contributed by atoms with Gasteiger partial charge in [0.25, 0.3) is 0 Å². The van der Waals surface area contributed by atoms with Crippen LogP contribution in [0.25, 0.3) is 21.9 Å². The molecule has 0 aliphatic carbocycles. The van der Waals surface area contributed by atoms with E-state index < -0.39 is 0 Å². The minimum absolute atomic E-state index is 0.102. The van der Waals surface area contributed by atoms with Gasteiger partial charge in [-0.25, -0.2) is 0 Å². The largest absolute Gasteiger partial charge is 0.295 e. The van der Waals surface area contributed by atoms with Gasteiger partial charge in [-0.05, 0) is 47.4 Å². The first kappa shape index (κ1) is 12.6. The lowest BCUT2D eigenvalue weighted by atomic mass is 9.93. The third-order valence-electron chi connectivity index (χ3n) is 3.70. The van der Waals surface area contributed by atoms with E-state index in [4.69, 9.17) is 0 Å². The lowest BCUT2D eigenvalue weighted by molar-refractivity contribution is 0.101. The Bertz CT molecular complexity index is 800. The number of aryl methyl sites for hydroxylation is 1. The Morgan fingerprint density at radius 1 is 0.900 bits per heavy atom. The third kappa shape index (κ3) is 2.12. The topological polar surface area (TPSA) is 17.1 Å². The van der Waals surface area contributed by atoms with E-state index in [2.05, 4.69) is 43.3 Å². The number of carbonyl (C=O) groups excluding carboxylic acids is 1. The fourth-order valence-electron chi connectivity index (χ4n) is 2.66. The van der Waals surface area contributed by atoms with Gasteiger partial charge in [-0.1, -0.05) is 54.6 Å². The molecule has 0 saturated carbocycles. The molecule has 0 aliphatic heterocycles. The lowest BCUT2D eigenvalue weighted by Gasteiger charge is -2.11. The molecule has 0 bridgehead atoms. The van der Waals surface area contributed by atoms with Crippen molar-refractivity contribution in [3.63, 3.8) is 0 Å². The summed E-state index contributed by atoms with van der Waals surface area (Å²) >= 11 is 0. The molecule has 0 aromatic heterocycles. The molecule has 0 spiro atoms. The van der Waals surface area contributed by atoms with Crippen LogP contribution in [0.5, 0.6) is 0 Å². The number of hydrogen-bond donors (Lipinski definition) is 0. The molecule has 0 aliphatic rings. The van der Waals surface area contributed by atoms with E-state index in [1.807, 2.05) is 24.3 Å². The number of benzene rings is 3. The molecule has 1 nitrogen and oxygen atoms in total. The fraction of sp³-hybridized carbons (Fsp3) is 0.105. The first-order valence-electron chi connectivity index (χ1n) is 6.76. The van der Waals surface area contributed by atoms with Gasteiger partial charge in [0.15, 0.2) is 5.78 Å². The zero-order valence-corrected chi connectivity index (χ0v) is 11.7. The Kier molecular flexibility index (Phi) is 3.11. The van der Waals surface area contributed by atoms with E-state index in [1.54, 1.807) is 6.92 Å². The van der Waals surface area contributed by atoms with Gasteiger partial charge in [0, 0.05) is 5.56 Å². The quantitative estimate of drug-likeness (QED) is 0.591. The zero-order chi connectivity index (χ0) is 14.1. The summed E-state index contributed by atoms with van der Waals surface area (Å²) in [6, 6.07) is 20.5. The van der Waals surface area contributed by atoms with Gasteiger partial charge in [-0.2, -0.15) is 0 Å². The Balaban J connectivity index is 2.31. The molecule has 3 rings (SSSR count). The fourth-order valence-corrected chi connectivity index (χ4v) is 2.66. The van der Waals surface area contributed by atoms with E-state index in [0.717, 1.165) is 11.1 Å². The first-order valence-corrected chi connectivity index (χ1v) is 6.76. The van der Waals surface area contributed by atoms with Crippen LogP contribution in [-0.4, -0.2) is 5.78 Å². The minimum Gasteiger partial charge on any atom is -0.295 e. The number of fused-ring (bicyclic) bond motifs is 1. The highest BCUT2D eigenvalue weighted by Crippen LogP contribution is 2.32. The summed E-state index contributed by atoms with van der Waals surface area (Å²) in [7, 11) is 0. The van der Waals surface area contributed by atoms with Gasteiger partial charge in [-0.3, -0.25) is 4.79 Å². The van der Waals surface area contributed by atoms with Crippen LogP contribution in [0.1, 0.15) is 22.8 Å².